The molecule has 2 atom stereocenters. The second-order valence-corrected chi connectivity index (χ2v) is 19.7. The zero-order valence-corrected chi connectivity index (χ0v) is 41.3. The summed E-state index contributed by atoms with van der Waals surface area (Å²) in [4.78, 5) is 0. The van der Waals surface area contributed by atoms with Gasteiger partial charge in [0.2, 0.25) is 0 Å². The van der Waals surface area contributed by atoms with Gasteiger partial charge < -0.3 is 11.5 Å². The van der Waals surface area contributed by atoms with Crippen molar-refractivity contribution in [2.45, 2.75) is 239 Å². The normalized spacial score (nSPS) is 12.5. The maximum atomic E-state index is 6.13. The molecule has 4 aromatic rings. The summed E-state index contributed by atoms with van der Waals surface area (Å²) in [5.41, 5.74) is 25.5. The van der Waals surface area contributed by atoms with E-state index in [-0.39, 0.29) is 0 Å². The number of nitrogen functional groups attached to an aromatic ring is 2. The fourth-order valence-corrected chi connectivity index (χ4v) is 10.2. The molecule has 0 aliphatic rings. The number of aryl methyl sites for hydroxylation is 4. The first-order chi connectivity index (χ1) is 30.9. The van der Waals surface area contributed by atoms with E-state index in [9.17, 15) is 0 Å². The van der Waals surface area contributed by atoms with Crippen molar-refractivity contribution in [1.29, 1.82) is 0 Å². The van der Waals surface area contributed by atoms with Crippen LogP contribution in [0.1, 0.15) is 256 Å². The van der Waals surface area contributed by atoms with Gasteiger partial charge in [-0.1, -0.05) is 235 Å². The molecule has 4 N–H and O–H groups in total. The van der Waals surface area contributed by atoms with Crippen LogP contribution >= 0.6 is 0 Å². The predicted molar refractivity (Wildman–Crippen MR) is 280 cm³/mol. The van der Waals surface area contributed by atoms with E-state index in [4.69, 9.17) is 11.5 Å². The van der Waals surface area contributed by atoms with Crippen molar-refractivity contribution in [3.05, 3.63) is 129 Å². The molecule has 0 heterocycles. The van der Waals surface area contributed by atoms with Gasteiger partial charge in [0.15, 0.2) is 0 Å². The molecule has 0 radical (unpaired) electrons. The van der Waals surface area contributed by atoms with E-state index >= 15 is 0 Å². The van der Waals surface area contributed by atoms with Gasteiger partial charge in [-0.2, -0.15) is 0 Å². The van der Waals surface area contributed by atoms with Crippen molar-refractivity contribution in [2.75, 3.05) is 11.5 Å². The molecule has 0 fully saturated rings. The molecule has 0 spiro atoms. The lowest BCUT2D eigenvalue weighted by atomic mass is 9.84. The smallest absolute Gasteiger partial charge is 0.0316 e. The van der Waals surface area contributed by atoms with Gasteiger partial charge in [-0.05, 0) is 121 Å². The van der Waals surface area contributed by atoms with E-state index in [0.717, 1.165) is 11.4 Å². The Morgan fingerprint density at radius 3 is 0.921 bits per heavy atom. The van der Waals surface area contributed by atoms with Crippen LogP contribution in [0.5, 0.6) is 0 Å². The summed E-state index contributed by atoms with van der Waals surface area (Å²) in [6.45, 7) is 9.06. The molecule has 0 saturated carbocycles. The quantitative estimate of drug-likeness (QED) is 0.0354. The molecule has 4 aromatic carbocycles. The Bertz CT molecular complexity index is 1610. The number of unbranched alkanes of at least 4 members (excludes halogenated alkanes) is 24. The topological polar surface area (TPSA) is 52.0 Å². The van der Waals surface area contributed by atoms with Crippen LogP contribution in [-0.2, 0) is 12.8 Å². The third-order valence-electron chi connectivity index (χ3n) is 14.2. The Labute approximate surface area is 389 Å². The first-order valence-electron chi connectivity index (χ1n) is 26.8. The molecule has 2 heteroatoms. The van der Waals surface area contributed by atoms with Crippen LogP contribution in [0.15, 0.2) is 84.9 Å². The summed E-state index contributed by atoms with van der Waals surface area (Å²) in [5, 5.41) is 0. The molecule has 0 amide bonds. The van der Waals surface area contributed by atoms with Crippen molar-refractivity contribution in [1.82, 2.24) is 0 Å². The van der Waals surface area contributed by atoms with E-state index in [2.05, 4.69) is 113 Å². The molecule has 348 valence electrons. The second-order valence-electron chi connectivity index (χ2n) is 19.7. The van der Waals surface area contributed by atoms with Crippen molar-refractivity contribution < 1.29 is 0 Å². The van der Waals surface area contributed by atoms with E-state index in [0.29, 0.717) is 11.8 Å². The van der Waals surface area contributed by atoms with E-state index < -0.39 is 0 Å². The summed E-state index contributed by atoms with van der Waals surface area (Å²) in [6, 6.07) is 32.4. The Kier molecular flexibility index (Phi) is 26.6. The highest BCUT2D eigenvalue weighted by Crippen LogP contribution is 2.35. The van der Waals surface area contributed by atoms with Gasteiger partial charge >= 0.3 is 0 Å². The average molecular weight is 855 g/mol. The van der Waals surface area contributed by atoms with Gasteiger partial charge in [0.25, 0.3) is 0 Å². The minimum absolute atomic E-state index is 0.465. The fourth-order valence-electron chi connectivity index (χ4n) is 10.2. The fraction of sp³-hybridized carbons (Fsp3) is 0.607. The first kappa shape index (κ1) is 52.1. The molecular formula is C61H94N2. The number of hydrogen-bond donors (Lipinski definition) is 2. The molecule has 0 aromatic heterocycles. The van der Waals surface area contributed by atoms with Crippen LogP contribution in [0.4, 0.5) is 11.4 Å². The first-order valence-corrected chi connectivity index (χ1v) is 26.8. The van der Waals surface area contributed by atoms with Crippen LogP contribution in [0.2, 0.25) is 0 Å². The minimum Gasteiger partial charge on any atom is -0.399 e. The second kappa shape index (κ2) is 32.2. The maximum Gasteiger partial charge on any atom is 0.0316 e. The Morgan fingerprint density at radius 2 is 0.619 bits per heavy atom. The van der Waals surface area contributed by atoms with Crippen LogP contribution in [0, 0.1) is 13.8 Å². The Morgan fingerprint density at radius 1 is 0.333 bits per heavy atom. The molecule has 0 saturated heterocycles. The Hall–Kier alpha value is -3.52. The molecule has 0 bridgehead atoms. The van der Waals surface area contributed by atoms with Crippen LogP contribution < -0.4 is 11.5 Å². The molecule has 2 nitrogen and oxygen atoms in total. The summed E-state index contributed by atoms with van der Waals surface area (Å²) >= 11 is 0. The highest BCUT2D eigenvalue weighted by atomic mass is 14.5. The zero-order valence-electron chi connectivity index (χ0n) is 41.3. The number of hydrogen-bond acceptors (Lipinski definition) is 2. The SMILES string of the molecule is CCCCCCCCC(c1ccc(CCCCCCCCCCCCCCCCCc2ccc(C(CCCCCCCC)c3ccc(N)cc3C)cc2)cc1)c1ccc(N)cc1C. The molecule has 0 aliphatic carbocycles. The summed E-state index contributed by atoms with van der Waals surface area (Å²) in [7, 11) is 0. The largest absolute Gasteiger partial charge is 0.399 e. The van der Waals surface area contributed by atoms with E-state index in [1.165, 1.54) is 244 Å². The third-order valence-corrected chi connectivity index (χ3v) is 14.2. The van der Waals surface area contributed by atoms with Gasteiger partial charge in [0, 0.05) is 23.2 Å². The summed E-state index contributed by atoms with van der Waals surface area (Å²) < 4.78 is 0. The maximum absolute atomic E-state index is 6.13. The van der Waals surface area contributed by atoms with E-state index in [1.54, 1.807) is 0 Å². The molecule has 63 heavy (non-hydrogen) atoms. The van der Waals surface area contributed by atoms with Gasteiger partial charge in [0.05, 0.1) is 0 Å². The van der Waals surface area contributed by atoms with E-state index in [1.807, 2.05) is 0 Å². The summed E-state index contributed by atoms with van der Waals surface area (Å²) in [5.74, 6) is 0.931. The molecular weight excluding hydrogens is 761 g/mol. The van der Waals surface area contributed by atoms with Crippen molar-refractivity contribution >= 4 is 11.4 Å². The van der Waals surface area contributed by atoms with Gasteiger partial charge in [-0.3, -0.25) is 0 Å². The average Bonchev–Trinajstić information content (AvgIpc) is 3.28. The lowest BCUT2D eigenvalue weighted by molar-refractivity contribution is 0.530. The Balaban J connectivity index is 0.995. The minimum atomic E-state index is 0.465. The number of nitrogens with two attached hydrogens (primary N) is 2. The standard InChI is InChI=1S/C61H94N2/c1-5-7-9-11-26-30-34-60(58-46-44-56(62)48-50(58)3)54-40-36-52(37-41-54)32-28-24-22-20-18-16-14-13-15-17-19-21-23-25-29-33-53-38-42-55(43-39-53)61(35-31-27-12-10-8-6-2)59-47-45-57(63)49-51(59)4/h36-49,60-61H,5-35,62-63H2,1-4H3. The lowest BCUT2D eigenvalue weighted by Gasteiger charge is -2.21. The molecule has 0 aliphatic heterocycles. The number of rotatable bonds is 36. The lowest BCUT2D eigenvalue weighted by Crippen LogP contribution is -2.05. The van der Waals surface area contributed by atoms with Crippen molar-refractivity contribution in [2.24, 2.45) is 0 Å². The number of benzene rings is 4. The van der Waals surface area contributed by atoms with Crippen LogP contribution in [-0.4, -0.2) is 0 Å². The zero-order chi connectivity index (χ0) is 44.7. The van der Waals surface area contributed by atoms with Gasteiger partial charge in [0.1, 0.15) is 0 Å². The van der Waals surface area contributed by atoms with Crippen LogP contribution in [0.3, 0.4) is 0 Å². The summed E-state index contributed by atoms with van der Waals surface area (Å²) in [6.07, 6.45) is 42.0. The third kappa shape index (κ3) is 20.9. The van der Waals surface area contributed by atoms with Gasteiger partial charge in [-0.25, -0.2) is 0 Å². The molecule has 4 rings (SSSR count). The van der Waals surface area contributed by atoms with Crippen molar-refractivity contribution in [3.8, 4) is 0 Å². The van der Waals surface area contributed by atoms with Crippen molar-refractivity contribution in [3.63, 3.8) is 0 Å². The number of anilines is 2. The van der Waals surface area contributed by atoms with Gasteiger partial charge in [-0.15, -0.1) is 0 Å². The highest BCUT2D eigenvalue weighted by Gasteiger charge is 2.18. The van der Waals surface area contributed by atoms with Crippen LogP contribution in [0.25, 0.3) is 0 Å². The highest BCUT2D eigenvalue weighted by molar-refractivity contribution is 5.49. The predicted octanol–water partition coefficient (Wildman–Crippen LogP) is 18.9. The molecule has 2 unspecified atom stereocenters. The monoisotopic (exact) mass is 855 g/mol.